The topological polar surface area (TPSA) is 84.6 Å². The molecule has 4 rings (SSSR count). The Kier molecular flexibility index (Phi) is 7.05. The molecule has 4 aromatic rings. The molecule has 0 aliphatic heterocycles. The van der Waals surface area contributed by atoms with Crippen molar-refractivity contribution >= 4 is 60.6 Å². The number of fused-ring (bicyclic) bond motifs is 2. The number of thiophene rings is 1. The van der Waals surface area contributed by atoms with E-state index in [2.05, 4.69) is 27.6 Å². The molecule has 35 heavy (non-hydrogen) atoms. The first-order valence-electron chi connectivity index (χ1n) is 11.0. The van der Waals surface area contributed by atoms with Crippen LogP contribution in [0, 0.1) is 0 Å². The van der Waals surface area contributed by atoms with E-state index in [0.717, 1.165) is 21.8 Å². The van der Waals surface area contributed by atoms with Crippen molar-refractivity contribution < 1.29 is 23.8 Å². The van der Waals surface area contributed by atoms with Crippen LogP contribution in [-0.2, 0) is 9.47 Å². The maximum absolute atomic E-state index is 13.4. The number of carbonyl (C=O) groups excluding carboxylic acids is 2. The van der Waals surface area contributed by atoms with Gasteiger partial charge in [-0.2, -0.15) is 9.78 Å². The number of alkyl halides is 1. The summed E-state index contributed by atoms with van der Waals surface area (Å²) >= 11 is 4.82. The van der Waals surface area contributed by atoms with Gasteiger partial charge in [-0.1, -0.05) is 22.5 Å². The van der Waals surface area contributed by atoms with Crippen molar-refractivity contribution in [2.24, 2.45) is 0 Å². The van der Waals surface area contributed by atoms with Crippen molar-refractivity contribution in [1.29, 1.82) is 0 Å². The van der Waals surface area contributed by atoms with Crippen LogP contribution in [0.1, 0.15) is 34.1 Å². The fraction of sp³-hybridized carbons (Fsp3) is 0.320. The number of allylic oxidation sites excluding steroid dienone is 1. The summed E-state index contributed by atoms with van der Waals surface area (Å²) in [6.07, 6.45) is -0.343. The van der Waals surface area contributed by atoms with Crippen LogP contribution < -0.4 is 4.74 Å². The molecule has 184 valence electrons. The molecule has 3 aromatic heterocycles. The Morgan fingerprint density at radius 2 is 1.91 bits per heavy atom. The normalized spacial score (nSPS) is 11.7. The molecular weight excluding hydrogens is 534 g/mol. The van der Waals surface area contributed by atoms with Crippen molar-refractivity contribution in [2.75, 3.05) is 11.9 Å². The summed E-state index contributed by atoms with van der Waals surface area (Å²) in [6, 6.07) is 9.17. The fourth-order valence-corrected chi connectivity index (χ4v) is 4.65. The van der Waals surface area contributed by atoms with E-state index in [4.69, 9.17) is 14.2 Å². The third-order valence-corrected chi connectivity index (χ3v) is 6.33. The Balaban J connectivity index is 1.89. The number of nitrogens with zero attached hydrogens (tertiary/aromatic N) is 3. The van der Waals surface area contributed by atoms with Gasteiger partial charge < -0.3 is 14.2 Å². The summed E-state index contributed by atoms with van der Waals surface area (Å²) in [4.78, 5) is 26.0. The largest absolute Gasteiger partial charge is 0.494 e. The van der Waals surface area contributed by atoms with Crippen LogP contribution in [0.25, 0.3) is 32.5 Å². The molecular formula is C25H26BrN3O5S. The highest BCUT2D eigenvalue weighted by Crippen LogP contribution is 2.37. The number of carbonyl (C=O) groups is 2. The van der Waals surface area contributed by atoms with Crippen LogP contribution >= 0.6 is 27.3 Å². The number of aromatic nitrogens is 3. The fourth-order valence-electron chi connectivity index (χ4n) is 3.55. The SMILES string of the molecule is C=C(C)OC(=O)n1nc(-c2cc3cc(OCCCBr)ccc3n2C(=O)OC(C)(C)C)c2sccc21. The van der Waals surface area contributed by atoms with Crippen molar-refractivity contribution in [3.8, 4) is 17.1 Å². The van der Waals surface area contributed by atoms with E-state index in [9.17, 15) is 9.59 Å². The standard InChI is InChI=1S/C25H26BrN3O5S/c1-15(2)33-24(31)29-19-9-12-35-22(19)21(27-29)20-14-16-13-17(32-11-6-10-26)7-8-18(16)28(20)23(30)34-25(3,4)5/h7-9,12-14H,1,6,10-11H2,2-5H3. The molecule has 0 spiro atoms. The third kappa shape index (κ3) is 5.28. The Labute approximate surface area is 215 Å². The summed E-state index contributed by atoms with van der Waals surface area (Å²) in [5.41, 5.74) is 1.49. The average molecular weight is 560 g/mol. The molecule has 0 aliphatic rings. The molecule has 0 fully saturated rings. The van der Waals surface area contributed by atoms with Crippen molar-refractivity contribution in [3.63, 3.8) is 0 Å². The Morgan fingerprint density at radius 3 is 2.60 bits per heavy atom. The zero-order valence-corrected chi connectivity index (χ0v) is 22.4. The molecule has 0 saturated heterocycles. The predicted octanol–water partition coefficient (Wildman–Crippen LogP) is 7.18. The molecule has 8 nitrogen and oxygen atoms in total. The van der Waals surface area contributed by atoms with Crippen LogP contribution in [0.4, 0.5) is 9.59 Å². The van der Waals surface area contributed by atoms with Crippen LogP contribution in [0.2, 0.25) is 0 Å². The van der Waals surface area contributed by atoms with Crippen molar-refractivity contribution in [2.45, 2.75) is 39.7 Å². The first kappa shape index (κ1) is 25.0. The van der Waals surface area contributed by atoms with E-state index >= 15 is 0 Å². The summed E-state index contributed by atoms with van der Waals surface area (Å²) in [6.45, 7) is 11.2. The van der Waals surface area contributed by atoms with E-state index in [1.165, 1.54) is 20.6 Å². The number of hydrogen-bond donors (Lipinski definition) is 0. The molecule has 0 atom stereocenters. The van der Waals surface area contributed by atoms with Gasteiger partial charge in [0.15, 0.2) is 0 Å². The Morgan fingerprint density at radius 1 is 1.14 bits per heavy atom. The molecule has 0 N–H and O–H groups in total. The lowest BCUT2D eigenvalue weighted by Crippen LogP contribution is -2.27. The van der Waals surface area contributed by atoms with E-state index in [1.54, 1.807) is 13.0 Å². The monoisotopic (exact) mass is 559 g/mol. The predicted molar refractivity (Wildman–Crippen MR) is 141 cm³/mol. The second-order valence-electron chi connectivity index (χ2n) is 8.92. The first-order valence-corrected chi connectivity index (χ1v) is 13.0. The van der Waals surface area contributed by atoms with Gasteiger partial charge >= 0.3 is 12.2 Å². The van der Waals surface area contributed by atoms with E-state index in [-0.39, 0.29) is 5.76 Å². The Bertz CT molecular complexity index is 1430. The lowest BCUT2D eigenvalue weighted by molar-refractivity contribution is 0.0547. The van der Waals surface area contributed by atoms with Crippen LogP contribution in [0.15, 0.2) is 48.0 Å². The summed E-state index contributed by atoms with van der Waals surface area (Å²) in [7, 11) is 0. The second-order valence-corrected chi connectivity index (χ2v) is 10.6. The summed E-state index contributed by atoms with van der Waals surface area (Å²) in [5, 5.41) is 8.03. The minimum atomic E-state index is -0.702. The van der Waals surface area contributed by atoms with Gasteiger partial charge in [0.2, 0.25) is 0 Å². The van der Waals surface area contributed by atoms with Gasteiger partial charge in [0.25, 0.3) is 0 Å². The highest BCUT2D eigenvalue weighted by molar-refractivity contribution is 9.09. The van der Waals surface area contributed by atoms with Gasteiger partial charge in [-0.25, -0.2) is 14.2 Å². The molecule has 3 heterocycles. The van der Waals surface area contributed by atoms with Gasteiger partial charge in [-0.3, -0.25) is 0 Å². The summed E-state index contributed by atoms with van der Waals surface area (Å²) < 4.78 is 20.1. The van der Waals surface area contributed by atoms with Gasteiger partial charge in [0, 0.05) is 10.7 Å². The van der Waals surface area contributed by atoms with Crippen LogP contribution in [0.3, 0.4) is 0 Å². The highest BCUT2D eigenvalue weighted by Gasteiger charge is 2.27. The number of rotatable bonds is 6. The average Bonchev–Trinajstić information content (AvgIpc) is 3.45. The van der Waals surface area contributed by atoms with E-state index in [0.29, 0.717) is 34.8 Å². The number of benzene rings is 1. The maximum Gasteiger partial charge on any atom is 0.440 e. The van der Waals surface area contributed by atoms with Gasteiger partial charge in [0.1, 0.15) is 17.0 Å². The molecule has 0 bridgehead atoms. The number of ether oxygens (including phenoxy) is 3. The highest BCUT2D eigenvalue weighted by atomic mass is 79.9. The quantitative estimate of drug-likeness (QED) is 0.141. The summed E-state index contributed by atoms with van der Waals surface area (Å²) in [5.74, 6) is 0.953. The van der Waals surface area contributed by atoms with Crippen LogP contribution in [-0.4, -0.2) is 44.1 Å². The minimum absolute atomic E-state index is 0.255. The lowest BCUT2D eigenvalue weighted by Gasteiger charge is -2.20. The molecule has 0 radical (unpaired) electrons. The van der Waals surface area contributed by atoms with Gasteiger partial charge in [-0.15, -0.1) is 11.3 Å². The molecule has 0 saturated carbocycles. The Hall–Kier alpha value is -3.11. The minimum Gasteiger partial charge on any atom is -0.494 e. The third-order valence-electron chi connectivity index (χ3n) is 4.86. The molecule has 0 unspecified atom stereocenters. The zero-order chi connectivity index (χ0) is 25.3. The first-order chi connectivity index (χ1) is 16.6. The maximum atomic E-state index is 13.4. The van der Waals surface area contributed by atoms with Gasteiger partial charge in [0.05, 0.1) is 33.8 Å². The van der Waals surface area contributed by atoms with Crippen molar-refractivity contribution in [3.05, 3.63) is 48.0 Å². The smallest absolute Gasteiger partial charge is 0.440 e. The molecule has 0 aliphatic carbocycles. The second kappa shape index (κ2) is 9.87. The lowest BCUT2D eigenvalue weighted by atomic mass is 10.2. The number of hydrogen-bond acceptors (Lipinski definition) is 7. The van der Waals surface area contributed by atoms with E-state index < -0.39 is 17.8 Å². The molecule has 1 aromatic carbocycles. The van der Waals surface area contributed by atoms with Gasteiger partial charge in [-0.05, 0) is 69.8 Å². The van der Waals surface area contributed by atoms with Crippen LogP contribution in [0.5, 0.6) is 5.75 Å². The zero-order valence-electron chi connectivity index (χ0n) is 20.0. The van der Waals surface area contributed by atoms with Crippen molar-refractivity contribution in [1.82, 2.24) is 14.3 Å². The van der Waals surface area contributed by atoms with E-state index in [1.807, 2.05) is 50.4 Å². The molecule has 0 amide bonds. The number of halogens is 1. The molecule has 10 heteroatoms.